The average Bonchev–Trinajstić information content (AvgIpc) is 2.95. The number of hydrogen-bond donors (Lipinski definition) is 2. The van der Waals surface area contributed by atoms with E-state index in [4.69, 9.17) is 5.41 Å². The molecule has 3 rings (SSSR count). The molecule has 1 aliphatic heterocycles. The molecule has 1 aliphatic rings. The maximum absolute atomic E-state index is 13.2. The standard InChI is InChI=1S/C25H33N3O2.BrH/c1-8-17-10-9-15-13-28(23(26)21(15)27-17)14-20(29)16-11-18(24(2,3)4)22(30)19(12-16)25(5,6)7;/h9-12,26,30H,8,13-14H2,1-7H3;1H. The highest BCUT2D eigenvalue weighted by atomic mass is 79.9. The van der Waals surface area contributed by atoms with E-state index in [9.17, 15) is 9.90 Å². The first-order chi connectivity index (χ1) is 13.8. The predicted octanol–water partition coefficient (Wildman–Crippen LogP) is 5.55. The number of fused-ring (bicyclic) bond motifs is 1. The first-order valence-electron chi connectivity index (χ1n) is 10.6. The van der Waals surface area contributed by atoms with Gasteiger partial charge in [-0.15, -0.1) is 17.0 Å². The van der Waals surface area contributed by atoms with Crippen molar-refractivity contribution in [2.75, 3.05) is 6.54 Å². The van der Waals surface area contributed by atoms with E-state index in [0.717, 1.165) is 28.8 Å². The molecule has 0 bridgehead atoms. The van der Waals surface area contributed by atoms with Crippen molar-refractivity contribution >= 4 is 28.6 Å². The average molecular weight is 488 g/mol. The maximum atomic E-state index is 13.2. The first kappa shape index (κ1) is 25.1. The third-order valence-electron chi connectivity index (χ3n) is 5.68. The van der Waals surface area contributed by atoms with E-state index in [2.05, 4.69) is 4.98 Å². The second-order valence-electron chi connectivity index (χ2n) is 10.2. The Hall–Kier alpha value is -2.21. The minimum atomic E-state index is -0.294. The van der Waals surface area contributed by atoms with Gasteiger partial charge < -0.3 is 10.0 Å². The molecule has 1 aromatic heterocycles. The molecule has 168 valence electrons. The Morgan fingerprint density at radius 1 is 1.10 bits per heavy atom. The highest BCUT2D eigenvalue weighted by Gasteiger charge is 2.30. The monoisotopic (exact) mass is 487 g/mol. The number of amidine groups is 1. The number of hydrogen-bond acceptors (Lipinski definition) is 4. The van der Waals surface area contributed by atoms with Gasteiger partial charge in [0.2, 0.25) is 0 Å². The summed E-state index contributed by atoms with van der Waals surface area (Å²) in [5.74, 6) is 0.517. The number of Topliss-reactive ketones (excluding diaryl/α,β-unsaturated/α-hetero) is 1. The lowest BCUT2D eigenvalue weighted by Gasteiger charge is -2.28. The summed E-state index contributed by atoms with van der Waals surface area (Å²) < 4.78 is 0. The number of rotatable bonds is 4. The molecule has 0 atom stereocenters. The number of benzene rings is 1. The van der Waals surface area contributed by atoms with Gasteiger partial charge in [-0.05, 0) is 35.4 Å². The Kier molecular flexibility index (Phi) is 7.06. The molecule has 6 heteroatoms. The molecular weight excluding hydrogens is 454 g/mol. The molecule has 0 aliphatic carbocycles. The third-order valence-corrected chi connectivity index (χ3v) is 5.68. The molecule has 31 heavy (non-hydrogen) atoms. The molecule has 2 heterocycles. The molecule has 0 saturated heterocycles. The van der Waals surface area contributed by atoms with Crippen molar-refractivity contribution in [2.24, 2.45) is 0 Å². The largest absolute Gasteiger partial charge is 0.507 e. The summed E-state index contributed by atoms with van der Waals surface area (Å²) in [6.07, 6.45) is 0.818. The van der Waals surface area contributed by atoms with Crippen molar-refractivity contribution in [3.63, 3.8) is 0 Å². The Labute approximate surface area is 196 Å². The van der Waals surface area contributed by atoms with Crippen LogP contribution in [0.25, 0.3) is 0 Å². The van der Waals surface area contributed by atoms with Crippen LogP contribution in [0, 0.1) is 5.41 Å². The van der Waals surface area contributed by atoms with Crippen molar-refractivity contribution in [3.05, 3.63) is 57.9 Å². The summed E-state index contributed by atoms with van der Waals surface area (Å²) in [6, 6.07) is 7.62. The van der Waals surface area contributed by atoms with Crippen molar-refractivity contribution in [1.82, 2.24) is 9.88 Å². The second kappa shape index (κ2) is 8.73. The second-order valence-corrected chi connectivity index (χ2v) is 10.2. The number of nitrogens with one attached hydrogen (secondary N) is 1. The lowest BCUT2D eigenvalue weighted by atomic mass is 9.78. The fourth-order valence-corrected chi connectivity index (χ4v) is 3.83. The van der Waals surface area contributed by atoms with Crippen LogP contribution in [0.4, 0.5) is 0 Å². The van der Waals surface area contributed by atoms with Gasteiger partial charge in [-0.2, -0.15) is 0 Å². The minimum absolute atomic E-state index is 0. The van der Waals surface area contributed by atoms with Crippen LogP contribution in [-0.4, -0.2) is 33.2 Å². The lowest BCUT2D eigenvalue weighted by Crippen LogP contribution is -2.31. The maximum Gasteiger partial charge on any atom is 0.182 e. The van der Waals surface area contributed by atoms with Gasteiger partial charge in [0.15, 0.2) is 5.78 Å². The number of phenols is 1. The summed E-state index contributed by atoms with van der Waals surface area (Å²) >= 11 is 0. The van der Waals surface area contributed by atoms with E-state index in [1.54, 1.807) is 4.90 Å². The number of aryl methyl sites for hydroxylation is 1. The van der Waals surface area contributed by atoms with Crippen LogP contribution in [0.15, 0.2) is 24.3 Å². The summed E-state index contributed by atoms with van der Waals surface area (Å²) in [4.78, 5) is 19.6. The van der Waals surface area contributed by atoms with Gasteiger partial charge >= 0.3 is 0 Å². The minimum Gasteiger partial charge on any atom is -0.507 e. The van der Waals surface area contributed by atoms with Crippen molar-refractivity contribution in [2.45, 2.75) is 72.3 Å². The molecular formula is C25H34BrN3O2. The number of aromatic nitrogens is 1. The van der Waals surface area contributed by atoms with Gasteiger partial charge in [0.25, 0.3) is 0 Å². The number of phenolic OH excluding ortho intramolecular Hbond substituents is 1. The number of aromatic hydroxyl groups is 1. The van der Waals surface area contributed by atoms with Crippen LogP contribution in [0.3, 0.4) is 0 Å². The Bertz CT molecular complexity index is 981. The molecule has 0 fully saturated rings. The number of ketones is 1. The van der Waals surface area contributed by atoms with Crippen LogP contribution in [-0.2, 0) is 23.8 Å². The van der Waals surface area contributed by atoms with E-state index < -0.39 is 0 Å². The molecule has 1 aromatic carbocycles. The fraction of sp³-hybridized carbons (Fsp3) is 0.480. The zero-order chi connectivity index (χ0) is 22.4. The van der Waals surface area contributed by atoms with Gasteiger partial charge in [0.05, 0.1) is 6.54 Å². The highest BCUT2D eigenvalue weighted by Crippen LogP contribution is 2.40. The molecule has 0 radical (unpaired) electrons. The SMILES string of the molecule is Br.CCc1ccc2c(n1)C(=N)N(CC(=O)c1cc(C(C)(C)C)c(O)c(C(C)(C)C)c1)C2. The predicted molar refractivity (Wildman–Crippen MR) is 131 cm³/mol. The summed E-state index contributed by atoms with van der Waals surface area (Å²) in [6.45, 7) is 14.9. The normalized spacial score (nSPS) is 13.8. The van der Waals surface area contributed by atoms with Crippen LogP contribution in [0.5, 0.6) is 5.75 Å². The van der Waals surface area contributed by atoms with Crippen molar-refractivity contribution < 1.29 is 9.90 Å². The van der Waals surface area contributed by atoms with E-state index in [1.807, 2.05) is 72.7 Å². The number of carbonyl (C=O) groups excluding carboxylic acids is 1. The van der Waals surface area contributed by atoms with Crippen molar-refractivity contribution in [1.29, 1.82) is 5.41 Å². The summed E-state index contributed by atoms with van der Waals surface area (Å²) in [5, 5.41) is 19.4. The van der Waals surface area contributed by atoms with E-state index >= 15 is 0 Å². The third kappa shape index (κ3) is 5.00. The van der Waals surface area contributed by atoms with E-state index in [-0.39, 0.29) is 45.9 Å². The Balaban J connectivity index is 0.00000341. The van der Waals surface area contributed by atoms with Crippen LogP contribution >= 0.6 is 17.0 Å². The molecule has 0 amide bonds. The molecule has 2 aromatic rings. The van der Waals surface area contributed by atoms with Crippen LogP contribution in [0.1, 0.15) is 86.9 Å². The van der Waals surface area contributed by atoms with Crippen molar-refractivity contribution in [3.8, 4) is 5.75 Å². The zero-order valence-electron chi connectivity index (χ0n) is 19.6. The molecule has 0 spiro atoms. The molecule has 5 nitrogen and oxygen atoms in total. The fourth-order valence-electron chi connectivity index (χ4n) is 3.83. The number of carbonyl (C=O) groups is 1. The van der Waals surface area contributed by atoms with Gasteiger partial charge in [-0.3, -0.25) is 10.2 Å². The topological polar surface area (TPSA) is 77.3 Å². The van der Waals surface area contributed by atoms with Gasteiger partial charge in [-0.1, -0.05) is 54.5 Å². The lowest BCUT2D eigenvalue weighted by molar-refractivity contribution is 0.0962. The Morgan fingerprint density at radius 2 is 1.65 bits per heavy atom. The van der Waals surface area contributed by atoms with Crippen LogP contribution in [0.2, 0.25) is 0 Å². The molecule has 2 N–H and O–H groups in total. The first-order valence-corrected chi connectivity index (χ1v) is 10.6. The molecule has 0 saturated carbocycles. The smallest absolute Gasteiger partial charge is 0.182 e. The zero-order valence-corrected chi connectivity index (χ0v) is 21.3. The summed E-state index contributed by atoms with van der Waals surface area (Å²) in [5.41, 5.74) is 4.15. The highest BCUT2D eigenvalue weighted by molar-refractivity contribution is 8.93. The number of pyridine rings is 1. The van der Waals surface area contributed by atoms with Gasteiger partial charge in [0.1, 0.15) is 17.3 Å². The van der Waals surface area contributed by atoms with E-state index in [1.165, 1.54) is 0 Å². The number of halogens is 1. The number of nitrogens with zero attached hydrogens (tertiary/aromatic N) is 2. The molecule has 0 unspecified atom stereocenters. The quantitative estimate of drug-likeness (QED) is 0.554. The Morgan fingerprint density at radius 3 is 2.13 bits per heavy atom. The van der Waals surface area contributed by atoms with Gasteiger partial charge in [-0.25, -0.2) is 4.98 Å². The van der Waals surface area contributed by atoms with E-state index in [0.29, 0.717) is 23.6 Å². The van der Waals surface area contributed by atoms with Gasteiger partial charge in [0, 0.05) is 34.5 Å². The van der Waals surface area contributed by atoms with Crippen LogP contribution < -0.4 is 0 Å². The summed E-state index contributed by atoms with van der Waals surface area (Å²) in [7, 11) is 0.